The molecule has 5 nitrogen and oxygen atoms in total. The van der Waals surface area contributed by atoms with Crippen LogP contribution in [-0.2, 0) is 0 Å². The van der Waals surface area contributed by atoms with E-state index in [1.54, 1.807) is 25.2 Å². The molecule has 0 aliphatic rings. The Labute approximate surface area is 123 Å². The highest BCUT2D eigenvalue weighted by Gasteiger charge is 2.12. The first-order valence-corrected chi connectivity index (χ1v) is 6.49. The maximum absolute atomic E-state index is 13.7. The Morgan fingerprint density at radius 2 is 1.95 bits per heavy atom. The van der Waals surface area contributed by atoms with Crippen molar-refractivity contribution >= 4 is 38.7 Å². The molecule has 20 heavy (non-hydrogen) atoms. The standard InChI is InChI=1S/C13H11BrFN3O2/c1-16-8-5-9(7-10(6-8)18(19)20)17-13-11(14)3-2-4-12(13)15/h2-7,16-17H,1H3. The molecule has 0 atom stereocenters. The molecule has 0 radical (unpaired) electrons. The molecule has 0 aromatic heterocycles. The monoisotopic (exact) mass is 339 g/mol. The van der Waals surface area contributed by atoms with Gasteiger partial charge < -0.3 is 10.6 Å². The van der Waals surface area contributed by atoms with Crippen LogP contribution in [0.3, 0.4) is 0 Å². The summed E-state index contributed by atoms with van der Waals surface area (Å²) in [5, 5.41) is 16.5. The third kappa shape index (κ3) is 3.05. The molecule has 2 rings (SSSR count). The number of nitro groups is 1. The Morgan fingerprint density at radius 1 is 1.25 bits per heavy atom. The van der Waals surface area contributed by atoms with E-state index in [9.17, 15) is 14.5 Å². The van der Waals surface area contributed by atoms with Crippen LogP contribution < -0.4 is 10.6 Å². The number of anilines is 3. The predicted molar refractivity (Wildman–Crippen MR) is 80.0 cm³/mol. The molecule has 2 N–H and O–H groups in total. The van der Waals surface area contributed by atoms with Gasteiger partial charge in [-0.25, -0.2) is 4.39 Å². The van der Waals surface area contributed by atoms with Crippen LogP contribution in [-0.4, -0.2) is 12.0 Å². The van der Waals surface area contributed by atoms with Crippen molar-refractivity contribution in [3.63, 3.8) is 0 Å². The topological polar surface area (TPSA) is 67.2 Å². The van der Waals surface area contributed by atoms with Crippen LogP contribution in [0.25, 0.3) is 0 Å². The third-order valence-electron chi connectivity index (χ3n) is 2.65. The van der Waals surface area contributed by atoms with Crippen LogP contribution in [0.2, 0.25) is 0 Å². The molecule has 7 heteroatoms. The summed E-state index contributed by atoms with van der Waals surface area (Å²) in [5.74, 6) is -0.447. The maximum atomic E-state index is 13.7. The second-order valence-corrected chi connectivity index (χ2v) is 4.85. The number of nitrogens with zero attached hydrogens (tertiary/aromatic N) is 1. The van der Waals surface area contributed by atoms with E-state index in [1.165, 1.54) is 18.2 Å². The van der Waals surface area contributed by atoms with E-state index in [0.29, 0.717) is 15.8 Å². The molecule has 104 valence electrons. The molecule has 2 aromatic carbocycles. The minimum absolute atomic E-state index is 0.0770. The molecule has 0 unspecified atom stereocenters. The average Bonchev–Trinajstić information content (AvgIpc) is 2.42. The zero-order valence-electron chi connectivity index (χ0n) is 10.5. The molecule has 0 heterocycles. The zero-order valence-corrected chi connectivity index (χ0v) is 12.1. The van der Waals surface area contributed by atoms with Crippen LogP contribution in [0.15, 0.2) is 40.9 Å². The van der Waals surface area contributed by atoms with E-state index in [-0.39, 0.29) is 11.4 Å². The van der Waals surface area contributed by atoms with Crippen molar-refractivity contribution in [1.82, 2.24) is 0 Å². The van der Waals surface area contributed by atoms with Gasteiger partial charge in [-0.15, -0.1) is 0 Å². The van der Waals surface area contributed by atoms with Gasteiger partial charge in [-0.3, -0.25) is 10.1 Å². The Kier molecular flexibility index (Phi) is 4.19. The third-order valence-corrected chi connectivity index (χ3v) is 3.31. The van der Waals surface area contributed by atoms with Crippen molar-refractivity contribution in [1.29, 1.82) is 0 Å². The summed E-state index contributed by atoms with van der Waals surface area (Å²) in [6.45, 7) is 0. The summed E-state index contributed by atoms with van der Waals surface area (Å²) in [7, 11) is 1.65. The summed E-state index contributed by atoms with van der Waals surface area (Å²) >= 11 is 3.24. The normalized spacial score (nSPS) is 10.2. The lowest BCUT2D eigenvalue weighted by atomic mass is 10.2. The number of halogens is 2. The quantitative estimate of drug-likeness (QED) is 0.644. The lowest BCUT2D eigenvalue weighted by Gasteiger charge is -2.11. The van der Waals surface area contributed by atoms with E-state index >= 15 is 0 Å². The van der Waals surface area contributed by atoms with Gasteiger partial charge in [0.05, 0.1) is 10.6 Å². The zero-order chi connectivity index (χ0) is 14.7. The summed E-state index contributed by atoms with van der Waals surface area (Å²) in [5.41, 5.74) is 1.14. The highest BCUT2D eigenvalue weighted by molar-refractivity contribution is 9.10. The molecule has 0 fully saturated rings. The predicted octanol–water partition coefficient (Wildman–Crippen LogP) is 4.28. The highest BCUT2D eigenvalue weighted by atomic mass is 79.9. The summed E-state index contributed by atoms with van der Waals surface area (Å²) < 4.78 is 14.3. The molecule has 0 aliphatic carbocycles. The van der Waals surface area contributed by atoms with Crippen molar-refractivity contribution in [3.8, 4) is 0 Å². The van der Waals surface area contributed by atoms with Crippen molar-refractivity contribution in [3.05, 3.63) is 56.8 Å². The minimum atomic E-state index is -0.498. The minimum Gasteiger partial charge on any atom is -0.388 e. The van der Waals surface area contributed by atoms with Crippen molar-refractivity contribution in [2.24, 2.45) is 0 Å². The van der Waals surface area contributed by atoms with Gasteiger partial charge in [0, 0.05) is 35.0 Å². The van der Waals surface area contributed by atoms with Crippen LogP contribution in [0.1, 0.15) is 0 Å². The fourth-order valence-corrected chi connectivity index (χ4v) is 2.14. The summed E-state index contributed by atoms with van der Waals surface area (Å²) in [4.78, 5) is 10.4. The maximum Gasteiger partial charge on any atom is 0.273 e. The van der Waals surface area contributed by atoms with E-state index in [1.807, 2.05) is 0 Å². The smallest absolute Gasteiger partial charge is 0.273 e. The Balaban J connectivity index is 2.43. The van der Waals surface area contributed by atoms with Crippen molar-refractivity contribution in [2.75, 3.05) is 17.7 Å². The van der Waals surface area contributed by atoms with Gasteiger partial charge >= 0.3 is 0 Å². The lowest BCUT2D eigenvalue weighted by Crippen LogP contribution is -1.98. The van der Waals surface area contributed by atoms with Gasteiger partial charge in [0.15, 0.2) is 0 Å². The Bertz CT molecular complexity index is 644. The molecule has 0 aliphatic heterocycles. The largest absolute Gasteiger partial charge is 0.388 e. The molecule has 0 bridgehead atoms. The number of nitro benzene ring substituents is 1. The fraction of sp³-hybridized carbons (Fsp3) is 0.0769. The number of benzene rings is 2. The van der Waals surface area contributed by atoms with Gasteiger partial charge in [-0.1, -0.05) is 6.07 Å². The molecular formula is C13H11BrFN3O2. The van der Waals surface area contributed by atoms with Gasteiger partial charge in [-0.2, -0.15) is 0 Å². The fourth-order valence-electron chi connectivity index (χ4n) is 1.69. The number of rotatable bonds is 4. The second kappa shape index (κ2) is 5.87. The van der Waals surface area contributed by atoms with E-state index < -0.39 is 10.7 Å². The highest BCUT2D eigenvalue weighted by Crippen LogP contribution is 2.31. The van der Waals surface area contributed by atoms with E-state index in [4.69, 9.17) is 0 Å². The second-order valence-electron chi connectivity index (χ2n) is 4.00. The summed E-state index contributed by atoms with van der Waals surface area (Å²) in [6.07, 6.45) is 0. The number of para-hydroxylation sites is 1. The van der Waals surface area contributed by atoms with Crippen molar-refractivity contribution in [2.45, 2.75) is 0 Å². The first kappa shape index (κ1) is 14.3. The molecule has 0 spiro atoms. The number of hydrogen-bond acceptors (Lipinski definition) is 4. The number of hydrogen-bond donors (Lipinski definition) is 2. The first-order chi connectivity index (χ1) is 9.51. The number of nitrogens with one attached hydrogen (secondary N) is 2. The summed E-state index contributed by atoms with van der Waals surface area (Å²) in [6, 6.07) is 8.97. The van der Waals surface area contributed by atoms with Gasteiger partial charge in [-0.05, 0) is 34.1 Å². The van der Waals surface area contributed by atoms with Gasteiger partial charge in [0.1, 0.15) is 5.82 Å². The SMILES string of the molecule is CNc1cc(Nc2c(F)cccc2Br)cc([N+](=O)[O-])c1. The lowest BCUT2D eigenvalue weighted by molar-refractivity contribution is -0.384. The van der Waals surface area contributed by atoms with Gasteiger partial charge in [0.25, 0.3) is 5.69 Å². The Morgan fingerprint density at radius 3 is 2.55 bits per heavy atom. The van der Waals surface area contributed by atoms with Crippen molar-refractivity contribution < 1.29 is 9.31 Å². The van der Waals surface area contributed by atoms with Gasteiger partial charge in [0.2, 0.25) is 0 Å². The van der Waals surface area contributed by atoms with Crippen LogP contribution in [0, 0.1) is 15.9 Å². The molecular weight excluding hydrogens is 329 g/mol. The molecule has 0 saturated carbocycles. The number of non-ortho nitro benzene ring substituents is 1. The molecule has 0 amide bonds. The molecule has 0 saturated heterocycles. The molecule has 2 aromatic rings. The average molecular weight is 340 g/mol. The van der Waals surface area contributed by atoms with Crippen LogP contribution >= 0.6 is 15.9 Å². The van der Waals surface area contributed by atoms with E-state index in [0.717, 1.165) is 0 Å². The van der Waals surface area contributed by atoms with E-state index in [2.05, 4.69) is 26.6 Å². The van der Waals surface area contributed by atoms with Crippen LogP contribution in [0.5, 0.6) is 0 Å². The Hall–Kier alpha value is -2.15. The van der Waals surface area contributed by atoms with Crippen LogP contribution in [0.4, 0.5) is 27.1 Å². The first-order valence-electron chi connectivity index (χ1n) is 5.69.